The third-order valence-electron chi connectivity index (χ3n) is 3.38. The van der Waals surface area contributed by atoms with E-state index < -0.39 is 0 Å². The highest BCUT2D eigenvalue weighted by Gasteiger charge is 2.04. The van der Waals surface area contributed by atoms with Crippen LogP contribution in [0, 0.1) is 0 Å². The lowest BCUT2D eigenvalue weighted by atomic mass is 10.2. The summed E-state index contributed by atoms with van der Waals surface area (Å²) in [7, 11) is 0. The zero-order valence-corrected chi connectivity index (χ0v) is 12.8. The van der Waals surface area contributed by atoms with E-state index in [1.165, 1.54) is 5.56 Å². The number of carbonyl (C=O) groups excluding carboxylic acids is 1. The molecule has 0 aliphatic carbocycles. The molecule has 0 bridgehead atoms. The molecule has 0 radical (unpaired) electrons. The Balaban J connectivity index is 1.77. The summed E-state index contributed by atoms with van der Waals surface area (Å²) < 4.78 is 5.58. The molecule has 0 aromatic heterocycles. The van der Waals surface area contributed by atoms with Crippen molar-refractivity contribution in [2.75, 3.05) is 11.9 Å². The lowest BCUT2D eigenvalue weighted by Crippen LogP contribution is -2.15. The SMILES string of the molecule is CCc1ccc(OCCC(=O)Nc2cccc(CN)c2)cc1. The molecule has 0 saturated heterocycles. The number of benzene rings is 2. The monoisotopic (exact) mass is 298 g/mol. The number of hydrogen-bond acceptors (Lipinski definition) is 3. The summed E-state index contributed by atoms with van der Waals surface area (Å²) in [5.41, 5.74) is 8.61. The van der Waals surface area contributed by atoms with Gasteiger partial charge in [-0.05, 0) is 41.8 Å². The Morgan fingerprint density at radius 1 is 1.14 bits per heavy atom. The highest BCUT2D eigenvalue weighted by molar-refractivity contribution is 5.90. The minimum Gasteiger partial charge on any atom is -0.493 e. The summed E-state index contributed by atoms with van der Waals surface area (Å²) >= 11 is 0. The van der Waals surface area contributed by atoms with Crippen molar-refractivity contribution in [3.05, 3.63) is 59.7 Å². The van der Waals surface area contributed by atoms with Crippen LogP contribution in [0.5, 0.6) is 5.75 Å². The van der Waals surface area contributed by atoms with Crippen LogP contribution in [0.2, 0.25) is 0 Å². The van der Waals surface area contributed by atoms with Gasteiger partial charge in [-0.15, -0.1) is 0 Å². The maximum absolute atomic E-state index is 11.9. The Morgan fingerprint density at radius 2 is 1.91 bits per heavy atom. The van der Waals surface area contributed by atoms with Crippen LogP contribution in [-0.4, -0.2) is 12.5 Å². The van der Waals surface area contributed by atoms with Gasteiger partial charge in [0.2, 0.25) is 5.91 Å². The molecule has 0 heterocycles. The summed E-state index contributed by atoms with van der Waals surface area (Å²) in [6.45, 7) is 2.92. The van der Waals surface area contributed by atoms with E-state index in [1.807, 2.05) is 48.5 Å². The third kappa shape index (κ3) is 4.90. The molecule has 2 rings (SSSR count). The van der Waals surface area contributed by atoms with E-state index in [0.29, 0.717) is 19.6 Å². The van der Waals surface area contributed by atoms with E-state index in [1.54, 1.807) is 0 Å². The number of nitrogens with one attached hydrogen (secondary N) is 1. The van der Waals surface area contributed by atoms with Gasteiger partial charge in [0.25, 0.3) is 0 Å². The quantitative estimate of drug-likeness (QED) is 0.825. The van der Waals surface area contributed by atoms with Crippen molar-refractivity contribution in [2.24, 2.45) is 5.73 Å². The summed E-state index contributed by atoms with van der Waals surface area (Å²) in [4.78, 5) is 11.9. The van der Waals surface area contributed by atoms with E-state index in [0.717, 1.165) is 23.4 Å². The normalized spacial score (nSPS) is 10.3. The molecule has 0 fully saturated rings. The fraction of sp³-hybridized carbons (Fsp3) is 0.278. The summed E-state index contributed by atoms with van der Waals surface area (Å²) in [6.07, 6.45) is 1.31. The van der Waals surface area contributed by atoms with Gasteiger partial charge in [-0.2, -0.15) is 0 Å². The molecular weight excluding hydrogens is 276 g/mol. The van der Waals surface area contributed by atoms with E-state index >= 15 is 0 Å². The van der Waals surface area contributed by atoms with Gasteiger partial charge in [0, 0.05) is 12.2 Å². The molecule has 0 aliphatic rings. The maximum atomic E-state index is 11.9. The van der Waals surface area contributed by atoms with Crippen LogP contribution >= 0.6 is 0 Å². The van der Waals surface area contributed by atoms with Crippen LogP contribution in [0.15, 0.2) is 48.5 Å². The fourth-order valence-corrected chi connectivity index (χ4v) is 2.08. The second kappa shape index (κ2) is 8.20. The van der Waals surface area contributed by atoms with Crippen LogP contribution in [0.25, 0.3) is 0 Å². The minimum atomic E-state index is -0.0700. The first-order valence-corrected chi connectivity index (χ1v) is 7.52. The molecule has 0 saturated carbocycles. The Morgan fingerprint density at radius 3 is 2.59 bits per heavy atom. The van der Waals surface area contributed by atoms with Crippen molar-refractivity contribution in [3.8, 4) is 5.75 Å². The van der Waals surface area contributed by atoms with Crippen molar-refractivity contribution in [1.29, 1.82) is 0 Å². The standard InChI is InChI=1S/C18H22N2O2/c1-2-14-6-8-17(9-7-14)22-11-10-18(21)20-16-5-3-4-15(12-16)13-19/h3-9,12H,2,10-11,13,19H2,1H3,(H,20,21). The first-order valence-electron chi connectivity index (χ1n) is 7.52. The van der Waals surface area contributed by atoms with Crippen LogP contribution < -0.4 is 15.8 Å². The highest BCUT2D eigenvalue weighted by Crippen LogP contribution is 2.13. The van der Waals surface area contributed by atoms with Gasteiger partial charge < -0.3 is 15.8 Å². The predicted molar refractivity (Wildman–Crippen MR) is 88.9 cm³/mol. The molecule has 3 N–H and O–H groups in total. The Kier molecular flexibility index (Phi) is 5.98. The maximum Gasteiger partial charge on any atom is 0.227 e. The largest absolute Gasteiger partial charge is 0.493 e. The average molecular weight is 298 g/mol. The van der Waals surface area contributed by atoms with Gasteiger partial charge in [-0.1, -0.05) is 31.2 Å². The number of hydrogen-bond donors (Lipinski definition) is 2. The lowest BCUT2D eigenvalue weighted by Gasteiger charge is -2.08. The zero-order valence-electron chi connectivity index (χ0n) is 12.8. The van der Waals surface area contributed by atoms with E-state index in [-0.39, 0.29) is 5.91 Å². The topological polar surface area (TPSA) is 64.3 Å². The molecule has 4 heteroatoms. The first-order chi connectivity index (χ1) is 10.7. The second-order valence-electron chi connectivity index (χ2n) is 5.05. The number of anilines is 1. The van der Waals surface area contributed by atoms with Gasteiger partial charge in [0.1, 0.15) is 5.75 Å². The van der Waals surface area contributed by atoms with Crippen LogP contribution in [0.4, 0.5) is 5.69 Å². The third-order valence-corrected chi connectivity index (χ3v) is 3.38. The fourth-order valence-electron chi connectivity index (χ4n) is 2.08. The molecule has 2 aromatic rings. The molecule has 4 nitrogen and oxygen atoms in total. The first kappa shape index (κ1) is 16.0. The van der Waals surface area contributed by atoms with Gasteiger partial charge in [-0.25, -0.2) is 0 Å². The molecule has 0 aliphatic heterocycles. The number of amides is 1. The number of carbonyl (C=O) groups is 1. The average Bonchev–Trinajstić information content (AvgIpc) is 2.55. The van der Waals surface area contributed by atoms with Gasteiger partial charge >= 0.3 is 0 Å². The zero-order chi connectivity index (χ0) is 15.8. The molecule has 1 amide bonds. The van der Waals surface area contributed by atoms with Crippen molar-refractivity contribution in [2.45, 2.75) is 26.3 Å². The number of nitrogens with two attached hydrogens (primary N) is 1. The molecular formula is C18H22N2O2. The summed E-state index contributed by atoms with van der Waals surface area (Å²) in [5.74, 6) is 0.717. The smallest absolute Gasteiger partial charge is 0.227 e. The molecule has 22 heavy (non-hydrogen) atoms. The van der Waals surface area contributed by atoms with E-state index in [2.05, 4.69) is 12.2 Å². The molecule has 0 atom stereocenters. The van der Waals surface area contributed by atoms with Crippen molar-refractivity contribution in [1.82, 2.24) is 0 Å². The Bertz CT molecular complexity index is 609. The van der Waals surface area contributed by atoms with Crippen LogP contribution in [-0.2, 0) is 17.8 Å². The molecule has 0 unspecified atom stereocenters. The Labute approximate surface area is 131 Å². The summed E-state index contributed by atoms with van der Waals surface area (Å²) in [6, 6.07) is 15.5. The number of aryl methyl sites for hydroxylation is 1. The number of ether oxygens (including phenoxy) is 1. The van der Waals surface area contributed by atoms with Gasteiger partial charge in [0.05, 0.1) is 13.0 Å². The van der Waals surface area contributed by atoms with Gasteiger partial charge in [0.15, 0.2) is 0 Å². The van der Waals surface area contributed by atoms with Gasteiger partial charge in [-0.3, -0.25) is 4.79 Å². The number of rotatable bonds is 7. The van der Waals surface area contributed by atoms with Crippen molar-refractivity contribution >= 4 is 11.6 Å². The highest BCUT2D eigenvalue weighted by atomic mass is 16.5. The lowest BCUT2D eigenvalue weighted by molar-refractivity contribution is -0.116. The van der Waals surface area contributed by atoms with Crippen LogP contribution in [0.3, 0.4) is 0 Å². The summed E-state index contributed by atoms with van der Waals surface area (Å²) in [5, 5.41) is 2.85. The minimum absolute atomic E-state index is 0.0700. The van der Waals surface area contributed by atoms with Crippen LogP contribution in [0.1, 0.15) is 24.5 Å². The second-order valence-corrected chi connectivity index (χ2v) is 5.05. The molecule has 0 spiro atoms. The predicted octanol–water partition coefficient (Wildman–Crippen LogP) is 3.12. The van der Waals surface area contributed by atoms with E-state index in [9.17, 15) is 4.79 Å². The molecule has 116 valence electrons. The van der Waals surface area contributed by atoms with Crippen molar-refractivity contribution in [3.63, 3.8) is 0 Å². The van der Waals surface area contributed by atoms with Crippen molar-refractivity contribution < 1.29 is 9.53 Å². The molecule has 2 aromatic carbocycles. The van der Waals surface area contributed by atoms with E-state index in [4.69, 9.17) is 10.5 Å². The Hall–Kier alpha value is -2.33.